The molecule has 2 N–H and O–H groups in total. The van der Waals surface area contributed by atoms with E-state index in [0.717, 1.165) is 13.0 Å². The highest BCUT2D eigenvalue weighted by Crippen LogP contribution is 2.27. The van der Waals surface area contributed by atoms with Crippen LogP contribution in [0.25, 0.3) is 0 Å². The Labute approximate surface area is 140 Å². The molecule has 7 nitrogen and oxygen atoms in total. The number of nitrogens with zero attached hydrogens (tertiary/aromatic N) is 3. The molecule has 0 unspecified atom stereocenters. The number of aromatic nitrogens is 2. The normalized spacial score (nSPS) is 12.8. The number of carbonyl (C=O) groups is 2. The van der Waals surface area contributed by atoms with Gasteiger partial charge in [-0.05, 0) is 18.1 Å². The van der Waals surface area contributed by atoms with Gasteiger partial charge in [0.25, 0.3) is 0 Å². The van der Waals surface area contributed by atoms with Gasteiger partial charge in [0.1, 0.15) is 6.54 Å². The van der Waals surface area contributed by atoms with Gasteiger partial charge in [0.2, 0.25) is 11.8 Å². The average molecular weight is 327 g/mol. The number of nitrogens with one attached hydrogen (secondary N) is 2. The van der Waals surface area contributed by atoms with Gasteiger partial charge in [-0.1, -0.05) is 18.2 Å². The quantitative estimate of drug-likeness (QED) is 0.830. The molecule has 7 heteroatoms. The third-order valence-corrected chi connectivity index (χ3v) is 4.09. The lowest BCUT2D eigenvalue weighted by molar-refractivity contribution is -0.121. The number of amides is 2. The first-order chi connectivity index (χ1) is 11.7. The van der Waals surface area contributed by atoms with Crippen molar-refractivity contribution in [1.82, 2.24) is 15.1 Å². The lowest BCUT2D eigenvalue weighted by Crippen LogP contribution is -2.26. The predicted octanol–water partition coefficient (Wildman–Crippen LogP) is 1.02. The SMILES string of the molecule is CNC(=O)Cn1cc(NC(=O)CCN2CCc3ccccc32)cn1. The second-order valence-corrected chi connectivity index (χ2v) is 5.76. The van der Waals surface area contributed by atoms with Crippen LogP contribution in [0.1, 0.15) is 12.0 Å². The van der Waals surface area contributed by atoms with E-state index in [4.69, 9.17) is 0 Å². The first-order valence-electron chi connectivity index (χ1n) is 8.01. The Bertz CT molecular complexity index is 740. The number of fused-ring (bicyclic) bond motifs is 1. The lowest BCUT2D eigenvalue weighted by Gasteiger charge is -2.18. The van der Waals surface area contributed by atoms with Crippen LogP contribution < -0.4 is 15.5 Å². The summed E-state index contributed by atoms with van der Waals surface area (Å²) in [5.74, 6) is -0.192. The molecule has 0 saturated carbocycles. The first kappa shape index (κ1) is 16.0. The Morgan fingerprint density at radius 3 is 2.92 bits per heavy atom. The van der Waals surface area contributed by atoms with Gasteiger partial charge in [0.15, 0.2) is 0 Å². The Hall–Kier alpha value is -2.83. The van der Waals surface area contributed by atoms with Crippen molar-refractivity contribution in [3.63, 3.8) is 0 Å². The fraction of sp³-hybridized carbons (Fsp3) is 0.353. The van der Waals surface area contributed by atoms with Crippen molar-refractivity contribution in [1.29, 1.82) is 0 Å². The van der Waals surface area contributed by atoms with Crippen molar-refractivity contribution in [3.05, 3.63) is 42.2 Å². The Morgan fingerprint density at radius 2 is 2.08 bits per heavy atom. The molecule has 0 fully saturated rings. The summed E-state index contributed by atoms with van der Waals surface area (Å²) in [6.45, 7) is 1.78. The van der Waals surface area contributed by atoms with E-state index in [0.29, 0.717) is 18.7 Å². The van der Waals surface area contributed by atoms with Crippen molar-refractivity contribution in [2.75, 3.05) is 30.4 Å². The molecule has 0 atom stereocenters. The van der Waals surface area contributed by atoms with Crippen molar-refractivity contribution < 1.29 is 9.59 Å². The number of benzene rings is 1. The fourth-order valence-electron chi connectivity index (χ4n) is 2.84. The molecule has 1 aromatic heterocycles. The molecule has 1 aliphatic rings. The van der Waals surface area contributed by atoms with E-state index in [1.54, 1.807) is 19.4 Å². The van der Waals surface area contributed by atoms with E-state index in [1.165, 1.54) is 15.9 Å². The van der Waals surface area contributed by atoms with E-state index in [-0.39, 0.29) is 18.4 Å². The maximum Gasteiger partial charge on any atom is 0.241 e. The molecule has 0 spiro atoms. The number of hydrogen-bond donors (Lipinski definition) is 2. The van der Waals surface area contributed by atoms with Crippen LogP contribution in [0.4, 0.5) is 11.4 Å². The van der Waals surface area contributed by atoms with Gasteiger partial charge < -0.3 is 15.5 Å². The molecule has 2 aromatic rings. The Kier molecular flexibility index (Phi) is 4.79. The minimum Gasteiger partial charge on any atom is -0.370 e. The summed E-state index contributed by atoms with van der Waals surface area (Å²) >= 11 is 0. The third-order valence-electron chi connectivity index (χ3n) is 4.09. The van der Waals surface area contributed by atoms with Gasteiger partial charge in [0.05, 0.1) is 11.9 Å². The summed E-state index contributed by atoms with van der Waals surface area (Å²) in [6, 6.07) is 8.31. The summed E-state index contributed by atoms with van der Waals surface area (Å²) in [5.41, 5.74) is 3.17. The molecular formula is C17H21N5O2. The lowest BCUT2D eigenvalue weighted by atomic mass is 10.2. The number of rotatable bonds is 6. The third kappa shape index (κ3) is 3.73. The van der Waals surface area contributed by atoms with Crippen LogP contribution in [0.2, 0.25) is 0 Å². The molecule has 0 bridgehead atoms. The van der Waals surface area contributed by atoms with E-state index < -0.39 is 0 Å². The van der Waals surface area contributed by atoms with Gasteiger partial charge in [-0.2, -0.15) is 5.10 Å². The van der Waals surface area contributed by atoms with Crippen LogP contribution in [0.15, 0.2) is 36.7 Å². The van der Waals surface area contributed by atoms with Crippen LogP contribution >= 0.6 is 0 Å². The summed E-state index contributed by atoms with van der Waals surface area (Å²) in [6.07, 6.45) is 4.64. The molecule has 1 aliphatic heterocycles. The van der Waals surface area contributed by atoms with E-state index in [1.807, 2.05) is 12.1 Å². The summed E-state index contributed by atoms with van der Waals surface area (Å²) in [7, 11) is 1.57. The fourth-order valence-corrected chi connectivity index (χ4v) is 2.84. The highest BCUT2D eigenvalue weighted by molar-refractivity contribution is 5.90. The molecule has 2 amide bonds. The molecule has 1 aromatic carbocycles. The van der Waals surface area contributed by atoms with Gasteiger partial charge in [-0.15, -0.1) is 0 Å². The molecular weight excluding hydrogens is 306 g/mol. The minimum atomic E-state index is -0.135. The largest absolute Gasteiger partial charge is 0.370 e. The molecule has 0 saturated heterocycles. The molecule has 2 heterocycles. The summed E-state index contributed by atoms with van der Waals surface area (Å²) in [4.78, 5) is 25.7. The maximum atomic E-state index is 12.1. The second kappa shape index (κ2) is 7.16. The summed E-state index contributed by atoms with van der Waals surface area (Å²) in [5, 5.41) is 9.41. The zero-order valence-electron chi connectivity index (χ0n) is 13.7. The van der Waals surface area contributed by atoms with Crippen LogP contribution in [0.3, 0.4) is 0 Å². The number of anilines is 2. The average Bonchev–Trinajstić information content (AvgIpc) is 3.19. The molecule has 0 radical (unpaired) electrons. The van der Waals surface area contributed by atoms with E-state index >= 15 is 0 Å². The van der Waals surface area contributed by atoms with Gasteiger partial charge >= 0.3 is 0 Å². The maximum absolute atomic E-state index is 12.1. The highest BCUT2D eigenvalue weighted by atomic mass is 16.2. The van der Waals surface area contributed by atoms with Gasteiger partial charge in [-0.3, -0.25) is 14.3 Å². The second-order valence-electron chi connectivity index (χ2n) is 5.76. The van der Waals surface area contributed by atoms with Crippen molar-refractivity contribution in [3.8, 4) is 0 Å². The van der Waals surface area contributed by atoms with Crippen molar-refractivity contribution in [2.45, 2.75) is 19.4 Å². The highest BCUT2D eigenvalue weighted by Gasteiger charge is 2.18. The zero-order valence-corrected chi connectivity index (χ0v) is 13.7. The van der Waals surface area contributed by atoms with E-state index in [2.05, 4.69) is 32.8 Å². The predicted molar refractivity (Wildman–Crippen MR) is 91.9 cm³/mol. The number of carbonyl (C=O) groups excluding carboxylic acids is 2. The molecule has 0 aliphatic carbocycles. The van der Waals surface area contributed by atoms with Crippen molar-refractivity contribution >= 4 is 23.2 Å². The summed E-state index contributed by atoms with van der Waals surface area (Å²) < 4.78 is 1.49. The van der Waals surface area contributed by atoms with Crippen LogP contribution in [-0.2, 0) is 22.6 Å². The molecule has 126 valence electrons. The standard InChI is InChI=1S/C17H21N5O2/c1-18-17(24)12-22-11-14(10-19-22)20-16(23)7-9-21-8-6-13-4-2-3-5-15(13)21/h2-5,10-11H,6-9,12H2,1H3,(H,18,24)(H,20,23). The smallest absolute Gasteiger partial charge is 0.241 e. The van der Waals surface area contributed by atoms with Gasteiger partial charge in [0, 0.05) is 38.4 Å². The van der Waals surface area contributed by atoms with Crippen LogP contribution in [-0.4, -0.2) is 41.7 Å². The monoisotopic (exact) mass is 327 g/mol. The topological polar surface area (TPSA) is 79.3 Å². The first-order valence-corrected chi connectivity index (χ1v) is 8.01. The Balaban J connectivity index is 1.49. The number of para-hydroxylation sites is 1. The van der Waals surface area contributed by atoms with Crippen molar-refractivity contribution in [2.24, 2.45) is 0 Å². The van der Waals surface area contributed by atoms with Crippen LogP contribution in [0, 0.1) is 0 Å². The number of likely N-dealkylation sites (N-methyl/N-ethyl adjacent to an activating group) is 1. The van der Waals surface area contributed by atoms with Crippen LogP contribution in [0.5, 0.6) is 0 Å². The molecule has 24 heavy (non-hydrogen) atoms. The minimum absolute atomic E-state index is 0.0566. The molecule has 3 rings (SSSR count). The Morgan fingerprint density at radius 1 is 1.25 bits per heavy atom. The van der Waals surface area contributed by atoms with Gasteiger partial charge in [-0.25, -0.2) is 0 Å². The van der Waals surface area contributed by atoms with E-state index in [9.17, 15) is 9.59 Å². The zero-order chi connectivity index (χ0) is 16.9. The number of hydrogen-bond acceptors (Lipinski definition) is 4.